The molecule has 0 heterocycles. The summed E-state index contributed by atoms with van der Waals surface area (Å²) in [7, 11) is 1.50. The lowest BCUT2D eigenvalue weighted by atomic mass is 10.2. The van der Waals surface area contributed by atoms with Gasteiger partial charge in [-0.05, 0) is 24.3 Å². The molecule has 0 spiro atoms. The van der Waals surface area contributed by atoms with Crippen LogP contribution >= 0.6 is 0 Å². The summed E-state index contributed by atoms with van der Waals surface area (Å²) in [6, 6.07) is 5.92. The van der Waals surface area contributed by atoms with Crippen LogP contribution in [0, 0.1) is 0 Å². The van der Waals surface area contributed by atoms with Crippen molar-refractivity contribution in [2.75, 3.05) is 7.11 Å². The van der Waals surface area contributed by atoms with Gasteiger partial charge in [0.1, 0.15) is 11.6 Å². The molecule has 0 aliphatic rings. The maximum Gasteiger partial charge on any atom is 0.258 e. The average molecular weight is 232 g/mol. The van der Waals surface area contributed by atoms with E-state index < -0.39 is 17.4 Å². The molecule has 0 unspecified atom stereocenters. The number of ether oxygens (including phenoxy) is 1. The molecule has 0 amide bonds. The Balaban J connectivity index is 3.01. The highest BCUT2D eigenvalue weighted by Crippen LogP contribution is 2.24. The van der Waals surface area contributed by atoms with Gasteiger partial charge in [0.2, 0.25) is 0 Å². The van der Waals surface area contributed by atoms with E-state index in [9.17, 15) is 13.2 Å². The smallest absolute Gasteiger partial charge is 0.258 e. The second-order valence-electron chi connectivity index (χ2n) is 3.03. The molecule has 0 saturated heterocycles. The molecular formula is C10H11F3OSi. The second kappa shape index (κ2) is 5.02. The van der Waals surface area contributed by atoms with Crippen LogP contribution in [0.2, 0.25) is 0 Å². The molecule has 0 aromatic heterocycles. The van der Waals surface area contributed by atoms with Gasteiger partial charge in [-0.2, -0.15) is 0 Å². The molecule has 0 atom stereocenters. The summed E-state index contributed by atoms with van der Waals surface area (Å²) in [4.78, 5) is 0. The number of allylic oxidation sites excluding steroid dienone is 1. The minimum Gasteiger partial charge on any atom is -0.497 e. The minimum absolute atomic E-state index is 0.0147. The van der Waals surface area contributed by atoms with Crippen LogP contribution in [0.3, 0.4) is 0 Å². The molecule has 1 aromatic rings. The molecule has 0 aliphatic carbocycles. The van der Waals surface area contributed by atoms with Gasteiger partial charge in [-0.25, -0.2) is 13.2 Å². The maximum atomic E-state index is 13.4. The Bertz CT molecular complexity index is 359. The van der Waals surface area contributed by atoms with Crippen molar-refractivity contribution in [2.24, 2.45) is 0 Å². The zero-order valence-corrected chi connectivity index (χ0v) is 10.4. The van der Waals surface area contributed by atoms with Gasteiger partial charge >= 0.3 is 0 Å². The Kier molecular flexibility index (Phi) is 3.96. The van der Waals surface area contributed by atoms with E-state index in [1.165, 1.54) is 31.4 Å². The van der Waals surface area contributed by atoms with E-state index in [0.29, 0.717) is 5.75 Å². The number of methoxy groups -OCH3 is 1. The van der Waals surface area contributed by atoms with Gasteiger partial charge in [-0.3, -0.25) is 0 Å². The molecule has 1 aromatic carbocycles. The van der Waals surface area contributed by atoms with Crippen LogP contribution in [0.4, 0.5) is 13.2 Å². The van der Waals surface area contributed by atoms with E-state index in [2.05, 4.69) is 0 Å². The summed E-state index contributed by atoms with van der Waals surface area (Å²) in [5.41, 5.74) is 0.168. The molecular weight excluding hydrogens is 221 g/mol. The predicted molar refractivity (Wildman–Crippen MR) is 57.0 cm³/mol. The van der Waals surface area contributed by atoms with Crippen LogP contribution in [-0.4, -0.2) is 23.8 Å². The molecule has 0 saturated carbocycles. The highest BCUT2D eigenvalue weighted by Gasteiger charge is 2.13. The first-order valence-electron chi connectivity index (χ1n) is 4.35. The van der Waals surface area contributed by atoms with E-state index in [1.54, 1.807) is 0 Å². The number of benzene rings is 1. The minimum atomic E-state index is -2.71. The molecule has 0 N–H and O–H groups in total. The maximum absolute atomic E-state index is 13.4. The lowest BCUT2D eigenvalue weighted by Crippen LogP contribution is -1.99. The third-order valence-corrected chi connectivity index (χ3v) is 2.89. The van der Waals surface area contributed by atoms with Crippen LogP contribution < -0.4 is 4.74 Å². The van der Waals surface area contributed by atoms with Crippen molar-refractivity contribution in [1.29, 1.82) is 0 Å². The number of rotatable bonds is 3. The Morgan fingerprint density at radius 1 is 1.27 bits per heavy atom. The van der Waals surface area contributed by atoms with Crippen LogP contribution in [0.25, 0.3) is 5.83 Å². The van der Waals surface area contributed by atoms with E-state index in [1.807, 2.05) is 0 Å². The average Bonchev–Trinajstić information content (AvgIpc) is 2.27. The summed E-state index contributed by atoms with van der Waals surface area (Å²) < 4.78 is 42.7. The summed E-state index contributed by atoms with van der Waals surface area (Å²) in [6.07, 6.45) is -2.71. The first-order chi connectivity index (χ1) is 7.06. The molecule has 5 heteroatoms. The normalized spacial score (nSPS) is 12.9. The Hall–Kier alpha value is -1.23. The lowest BCUT2D eigenvalue weighted by molar-refractivity contribution is 0.198. The number of halogens is 3. The van der Waals surface area contributed by atoms with Crippen molar-refractivity contribution < 1.29 is 17.9 Å². The van der Waals surface area contributed by atoms with Gasteiger partial charge in [0, 0.05) is 21.0 Å². The van der Waals surface area contributed by atoms with Crippen molar-refractivity contribution in [3.8, 4) is 5.75 Å². The SMILES string of the molecule is COc1ccc(C(F)=C([SiH3])C(F)F)cc1. The fourth-order valence-corrected chi connectivity index (χ4v) is 1.35. The molecule has 1 rings (SSSR count). The van der Waals surface area contributed by atoms with Crippen LogP contribution in [0.1, 0.15) is 5.56 Å². The van der Waals surface area contributed by atoms with E-state index in [-0.39, 0.29) is 15.8 Å². The topological polar surface area (TPSA) is 9.23 Å². The molecule has 15 heavy (non-hydrogen) atoms. The zero-order valence-electron chi connectivity index (χ0n) is 8.43. The third kappa shape index (κ3) is 2.86. The molecule has 1 nitrogen and oxygen atoms in total. The van der Waals surface area contributed by atoms with Crippen molar-refractivity contribution >= 4 is 16.1 Å². The molecule has 0 radical (unpaired) electrons. The lowest BCUT2D eigenvalue weighted by Gasteiger charge is -2.05. The molecule has 0 bridgehead atoms. The van der Waals surface area contributed by atoms with E-state index in [0.717, 1.165) is 0 Å². The standard InChI is InChI=1S/C10H11F3OSi/c1-14-7-4-2-6(3-5-7)8(11)9(15)10(12)13/h2-5,10H,1,15H3. The third-order valence-electron chi connectivity index (χ3n) is 2.02. The van der Waals surface area contributed by atoms with Crippen molar-refractivity contribution in [3.63, 3.8) is 0 Å². The van der Waals surface area contributed by atoms with Gasteiger partial charge < -0.3 is 4.74 Å². The van der Waals surface area contributed by atoms with Crippen molar-refractivity contribution in [1.82, 2.24) is 0 Å². The van der Waals surface area contributed by atoms with Crippen molar-refractivity contribution in [3.05, 3.63) is 35.0 Å². The van der Waals surface area contributed by atoms with E-state index in [4.69, 9.17) is 4.74 Å². The van der Waals surface area contributed by atoms with Crippen LogP contribution in [0.15, 0.2) is 29.5 Å². The molecule has 0 fully saturated rings. The van der Waals surface area contributed by atoms with Gasteiger partial charge in [0.05, 0.1) is 7.11 Å². The molecule has 0 aliphatic heterocycles. The summed E-state index contributed by atoms with van der Waals surface area (Å²) in [6.45, 7) is 0. The summed E-state index contributed by atoms with van der Waals surface area (Å²) in [5.74, 6) is -0.252. The fourth-order valence-electron chi connectivity index (χ4n) is 1.06. The van der Waals surface area contributed by atoms with E-state index >= 15 is 0 Å². The summed E-state index contributed by atoms with van der Waals surface area (Å²) in [5, 5.41) is -0.417. The Morgan fingerprint density at radius 2 is 1.80 bits per heavy atom. The monoisotopic (exact) mass is 232 g/mol. The molecule has 82 valence electrons. The van der Waals surface area contributed by atoms with Gasteiger partial charge in [0.15, 0.2) is 0 Å². The number of hydrogen-bond acceptors (Lipinski definition) is 1. The second-order valence-corrected chi connectivity index (χ2v) is 4.10. The van der Waals surface area contributed by atoms with Crippen LogP contribution in [-0.2, 0) is 0 Å². The highest BCUT2D eigenvalue weighted by atomic mass is 28.1. The largest absolute Gasteiger partial charge is 0.497 e. The predicted octanol–water partition coefficient (Wildman–Crippen LogP) is 1.96. The van der Waals surface area contributed by atoms with Crippen molar-refractivity contribution in [2.45, 2.75) is 6.43 Å². The number of hydrogen-bond donors (Lipinski definition) is 0. The zero-order chi connectivity index (χ0) is 11.4. The van der Waals surface area contributed by atoms with Gasteiger partial charge in [-0.1, -0.05) is 0 Å². The first-order valence-corrected chi connectivity index (χ1v) is 5.35. The number of alkyl halides is 2. The fraction of sp³-hybridized carbons (Fsp3) is 0.200. The van der Waals surface area contributed by atoms with Crippen LogP contribution in [0.5, 0.6) is 5.75 Å². The highest BCUT2D eigenvalue weighted by molar-refractivity contribution is 6.25. The van der Waals surface area contributed by atoms with Gasteiger partial charge in [0.25, 0.3) is 6.43 Å². The Labute approximate surface area is 89.0 Å². The quantitative estimate of drug-likeness (QED) is 0.724. The van der Waals surface area contributed by atoms with Gasteiger partial charge in [-0.15, -0.1) is 0 Å². The summed E-state index contributed by atoms with van der Waals surface area (Å²) >= 11 is 0. The first kappa shape index (κ1) is 11.8. The Morgan fingerprint density at radius 3 is 2.20 bits per heavy atom.